The molecule has 16 N–H and O–H groups in total. The predicted molar refractivity (Wildman–Crippen MR) is 498 cm³/mol. The molecule has 14 atom stereocenters. The van der Waals surface area contributed by atoms with E-state index in [1.807, 2.05) is 44.2 Å². The number of phenols is 1. The summed E-state index contributed by atoms with van der Waals surface area (Å²) in [5, 5.41) is 49.8. The summed E-state index contributed by atoms with van der Waals surface area (Å²) in [6, 6.07) is 2.94. The zero-order valence-corrected chi connectivity index (χ0v) is 79.4. The van der Waals surface area contributed by atoms with Crippen molar-refractivity contribution in [2.45, 2.75) is 256 Å². The second-order valence-electron chi connectivity index (χ2n) is 35.5. The Morgan fingerprint density at radius 2 is 1.13 bits per heavy atom. The average Bonchev–Trinajstić information content (AvgIpc) is 1.61. The van der Waals surface area contributed by atoms with Crippen molar-refractivity contribution in [1.82, 2.24) is 87.6 Å². The van der Waals surface area contributed by atoms with Crippen molar-refractivity contribution in [3.8, 4) is 5.75 Å². The quantitative estimate of drug-likeness (QED) is 0.0350. The summed E-state index contributed by atoms with van der Waals surface area (Å²) < 4.78 is 4.95. The standard InChI is InChI=1S/C94H134N18O21S/c1-13-17-28-73-88(126)104-67(38-53(5)6)87(125)107-72(85(123)100-48-79(117)96-36-35-82(120)133-16-4)51-134-52-81(119)102-69(40-56-31-33-60(113)34-32-56)90(128)108(10)55(9)83(121)105-71(45-78(95)116)92(130)111-37-23-30-74(111)89(127)103-64(15-3)86(124)106-68(39-54(7)8)93(131)112-50-61(114)44-76(112)77(115)43-57(41-58-46-97-65-26-21-19-24-62(58)65)84(122)99-49-80(118)101-70(42-59-47-98-66-27-22-20-25-63(59)66)91(129)110(12)75(29-18-14-2)94(132)109(73)11/h19-22,24-27,31-34,46-47,53-55,57,61,64,67-76,97-98,113-114H,13-18,23,28-30,35-45,48-52H2,1-12H3,(H2,95,116)(H,96,117)(H,99,122)(H,100,123)(H,101,118)(H,102,119)(H,103,127)(H,104,126)(H,105,121)(H,106,124)(H,107,125)/t55-,57+,61+,64-,67-,68-,69-,70?,71-,72-,73-,74-,75-,76-/m0/s1. The predicted octanol–water partition coefficient (Wildman–Crippen LogP) is 1.61. The molecule has 3 aliphatic rings. The fourth-order valence-corrected chi connectivity index (χ4v) is 17.8. The van der Waals surface area contributed by atoms with E-state index in [1.165, 1.54) is 62.1 Å². The van der Waals surface area contributed by atoms with E-state index < -0.39 is 228 Å². The molecule has 5 heterocycles. The van der Waals surface area contributed by atoms with Crippen molar-refractivity contribution < 1.29 is 101 Å². The second-order valence-corrected chi connectivity index (χ2v) is 36.6. The number of nitrogens with one attached hydrogen (secondary N) is 12. The molecule has 8 rings (SSSR count). The highest BCUT2D eigenvalue weighted by molar-refractivity contribution is 8.00. The molecule has 0 bridgehead atoms. The van der Waals surface area contributed by atoms with Crippen LogP contribution in [-0.2, 0) is 110 Å². The van der Waals surface area contributed by atoms with Gasteiger partial charge in [-0.05, 0) is 118 Å². The molecule has 2 aromatic heterocycles. The maximum atomic E-state index is 15.6. The SMILES string of the molecule is CCCC[C@H]1C(=O)N(C)[C@@H](CCCC)C(=O)N[C@@H](CC(C)C)C(=O)N[C@H](C(=O)NCC(=O)NCCC(=O)OCC)CSCC(=O)N[C@@H](Cc2ccc(O)cc2)C(=O)N(C)[C@@H](C)C(=O)N[C@@H](CC(N)=O)C(=O)N2CCC[C@H]2C(=O)N[C@@H](CC)C(=O)N[C@@H](CC(C)C)C(=O)N2C[C@H](O)C[C@H]2C(=O)C[C@@H](Cc2c[nH]c3ccccc23)C(=O)NCC(=O)NC(Cc2c[nH]c3ccccc23)C(=O)N1C. The lowest BCUT2D eigenvalue weighted by molar-refractivity contribution is -0.149. The number of ether oxygens (including phenoxy) is 1. The van der Waals surface area contributed by atoms with Crippen LogP contribution in [0.15, 0.2) is 85.2 Å². The largest absolute Gasteiger partial charge is 0.508 e. The molecule has 0 radical (unpaired) electrons. The van der Waals surface area contributed by atoms with Crippen LogP contribution < -0.4 is 58.9 Å². The summed E-state index contributed by atoms with van der Waals surface area (Å²) in [6.07, 6.45) is 1.89. The Labute approximate surface area is 784 Å². The van der Waals surface area contributed by atoms with Crippen LogP contribution in [0, 0.1) is 17.8 Å². The van der Waals surface area contributed by atoms with Crippen LogP contribution in [0.1, 0.15) is 175 Å². The maximum Gasteiger partial charge on any atom is 0.307 e. The number of unbranched alkanes of at least 4 members (excludes halogenated alkanes) is 2. The molecule has 39 nitrogen and oxygen atoms in total. The lowest BCUT2D eigenvalue weighted by Crippen LogP contribution is -2.60. The summed E-state index contributed by atoms with van der Waals surface area (Å²) in [5.74, 6) is -17.7. The van der Waals surface area contributed by atoms with Gasteiger partial charge in [0.15, 0.2) is 5.78 Å². The van der Waals surface area contributed by atoms with Gasteiger partial charge in [-0.15, -0.1) is 11.8 Å². The number of aliphatic hydroxyl groups excluding tert-OH is 1. The number of likely N-dealkylation sites (N-methyl/N-ethyl adjacent to an activating group) is 3. The highest BCUT2D eigenvalue weighted by Crippen LogP contribution is 2.30. The van der Waals surface area contributed by atoms with Crippen molar-refractivity contribution in [3.63, 3.8) is 0 Å². The normalized spacial score (nSPS) is 24.4. The number of benzene rings is 3. The number of ketones is 1. The highest BCUT2D eigenvalue weighted by Gasteiger charge is 2.46. The number of rotatable bonds is 26. The lowest BCUT2D eigenvalue weighted by Gasteiger charge is -2.36. The van der Waals surface area contributed by atoms with Crippen LogP contribution in [0.25, 0.3) is 21.8 Å². The molecule has 0 spiro atoms. The second kappa shape index (κ2) is 51.7. The minimum absolute atomic E-state index is 0.00501. The molecule has 134 heavy (non-hydrogen) atoms. The van der Waals surface area contributed by atoms with Gasteiger partial charge < -0.3 is 108 Å². The molecule has 40 heteroatoms. The smallest absolute Gasteiger partial charge is 0.307 e. The minimum atomic E-state index is -1.74. The van der Waals surface area contributed by atoms with E-state index in [9.17, 15) is 63.0 Å². The van der Waals surface area contributed by atoms with Gasteiger partial charge in [0.1, 0.15) is 72.2 Å². The Kier molecular flexibility index (Phi) is 41.2. The lowest BCUT2D eigenvalue weighted by atomic mass is 9.90. The first-order valence-electron chi connectivity index (χ1n) is 46.2. The number of fused-ring (bicyclic) bond motifs is 4. The summed E-state index contributed by atoms with van der Waals surface area (Å²) in [7, 11) is 4.04. The number of hydrogen-bond donors (Lipinski definition) is 15. The van der Waals surface area contributed by atoms with Crippen LogP contribution >= 0.6 is 11.8 Å². The number of esters is 1. The number of hydrogen-bond acceptors (Lipinski definition) is 22. The molecular weight excluding hydrogens is 1750 g/mol. The van der Waals surface area contributed by atoms with E-state index in [0.717, 1.165) is 26.5 Å². The van der Waals surface area contributed by atoms with Crippen molar-refractivity contribution in [1.29, 1.82) is 0 Å². The number of carbonyl (C=O) groups excluding carboxylic acids is 18. The van der Waals surface area contributed by atoms with Crippen molar-refractivity contribution in [2.75, 3.05) is 72.0 Å². The van der Waals surface area contributed by atoms with Crippen LogP contribution in [0.2, 0.25) is 0 Å². The number of H-pyrrole nitrogens is 2. The number of phenolic OH excluding ortho intramolecular Hbond substituents is 1. The Hall–Kier alpha value is -12.5. The van der Waals surface area contributed by atoms with Gasteiger partial charge in [0.05, 0.1) is 50.4 Å². The summed E-state index contributed by atoms with van der Waals surface area (Å²) >= 11 is 0.798. The Bertz CT molecular complexity index is 4980. The molecule has 3 aromatic carbocycles. The topological polar surface area (TPSA) is 551 Å². The molecule has 16 amide bonds. The number of aliphatic hydroxyl groups is 1. The fourth-order valence-electron chi connectivity index (χ4n) is 16.9. The number of amides is 16. The van der Waals surface area contributed by atoms with Crippen molar-refractivity contribution in [3.05, 3.63) is 102 Å². The van der Waals surface area contributed by atoms with Gasteiger partial charge in [-0.3, -0.25) is 86.3 Å². The molecule has 0 aliphatic carbocycles. The third-order valence-electron chi connectivity index (χ3n) is 24.3. The van der Waals surface area contributed by atoms with Crippen molar-refractivity contribution in [2.24, 2.45) is 23.5 Å². The number of Topliss-reactive ketones (excluding diaryl/α,β-unsaturated/α-hetero) is 1. The molecule has 3 saturated heterocycles. The zero-order chi connectivity index (χ0) is 98.3. The monoisotopic (exact) mass is 1880 g/mol. The van der Waals surface area contributed by atoms with E-state index in [4.69, 9.17) is 10.5 Å². The fraction of sp³-hybridized carbons (Fsp3) is 0.574. The molecule has 3 aliphatic heterocycles. The van der Waals surface area contributed by atoms with Crippen LogP contribution in [0.5, 0.6) is 5.75 Å². The van der Waals surface area contributed by atoms with Gasteiger partial charge in [-0.25, -0.2) is 0 Å². The molecule has 1 unspecified atom stereocenters. The van der Waals surface area contributed by atoms with Gasteiger partial charge >= 0.3 is 5.97 Å². The molecule has 732 valence electrons. The molecule has 5 aromatic rings. The van der Waals surface area contributed by atoms with Crippen LogP contribution in [0.4, 0.5) is 0 Å². The van der Waals surface area contributed by atoms with E-state index in [1.54, 1.807) is 72.1 Å². The first-order chi connectivity index (χ1) is 63.7. The summed E-state index contributed by atoms with van der Waals surface area (Å²) in [4.78, 5) is 274. The summed E-state index contributed by atoms with van der Waals surface area (Å²) in [6.45, 7) is 13.4. The van der Waals surface area contributed by atoms with Crippen LogP contribution in [0.3, 0.4) is 0 Å². The number of para-hydroxylation sites is 2. The molecule has 3 fully saturated rings. The van der Waals surface area contributed by atoms with Gasteiger partial charge in [-0.2, -0.15) is 0 Å². The number of thioether (sulfide) groups is 1. The van der Waals surface area contributed by atoms with Crippen molar-refractivity contribution >= 4 is 140 Å². The van der Waals surface area contributed by atoms with Gasteiger partial charge in [0, 0.05) is 112 Å². The van der Waals surface area contributed by atoms with Gasteiger partial charge in [0.25, 0.3) is 0 Å². The molecule has 0 saturated carbocycles. The first kappa shape index (κ1) is 107. The highest BCUT2D eigenvalue weighted by atomic mass is 32.2. The van der Waals surface area contributed by atoms with Gasteiger partial charge in [0.2, 0.25) is 94.5 Å². The number of nitrogens with zero attached hydrogens (tertiary/aromatic N) is 5. The number of aromatic hydroxyl groups is 1. The van der Waals surface area contributed by atoms with E-state index >= 15 is 33.6 Å². The van der Waals surface area contributed by atoms with Gasteiger partial charge in [-0.1, -0.05) is 123 Å². The average molecular weight is 1880 g/mol. The Morgan fingerprint density at radius 3 is 1.75 bits per heavy atom. The number of aromatic amines is 2. The van der Waals surface area contributed by atoms with Crippen LogP contribution in [-0.4, -0.2) is 302 Å². The number of aromatic nitrogens is 2. The number of carbonyl (C=O) groups is 18. The first-order valence-corrected chi connectivity index (χ1v) is 47.4. The molecular formula is C94H134N18O21S. The van der Waals surface area contributed by atoms with E-state index in [2.05, 4.69) is 63.1 Å². The third-order valence-corrected chi connectivity index (χ3v) is 25.4. The summed E-state index contributed by atoms with van der Waals surface area (Å²) in [5.41, 5.74) is 8.73. The Morgan fingerprint density at radius 1 is 0.575 bits per heavy atom. The maximum absolute atomic E-state index is 15.6. The van der Waals surface area contributed by atoms with E-state index in [-0.39, 0.29) is 121 Å². The third kappa shape index (κ3) is 30.5. The zero-order valence-electron chi connectivity index (χ0n) is 78.6. The Balaban J connectivity index is 1.17. The minimum Gasteiger partial charge on any atom is -0.508 e. The van der Waals surface area contributed by atoms with E-state index in [0.29, 0.717) is 64.2 Å². The number of nitrogens with two attached hydrogens (primary N) is 1. The number of primary amides is 1.